The fraction of sp³-hybridized carbons (Fsp3) is 0.350. The van der Waals surface area contributed by atoms with E-state index >= 15 is 0 Å². The molecule has 0 unspecified atom stereocenters. The normalized spacial score (nSPS) is 11.3. The maximum atomic E-state index is 12.3. The van der Waals surface area contributed by atoms with Crippen LogP contribution in [0.3, 0.4) is 0 Å². The lowest BCUT2D eigenvalue weighted by atomic mass is 10.0. The van der Waals surface area contributed by atoms with Gasteiger partial charge in [0.05, 0.1) is 6.61 Å². The lowest BCUT2D eigenvalue weighted by molar-refractivity contribution is 0.0524. The number of esters is 1. The molecule has 0 fully saturated rings. The van der Waals surface area contributed by atoms with E-state index in [0.29, 0.717) is 23.8 Å². The Kier molecular flexibility index (Phi) is 5.80. The van der Waals surface area contributed by atoms with Crippen LogP contribution < -0.4 is 0 Å². The minimum absolute atomic E-state index is 0.323. The largest absolute Gasteiger partial charge is 0.465 e. The van der Waals surface area contributed by atoms with Crippen LogP contribution in [0.5, 0.6) is 0 Å². The van der Waals surface area contributed by atoms with Gasteiger partial charge in [-0.1, -0.05) is 50.3 Å². The Hall–Kier alpha value is -2.29. The summed E-state index contributed by atoms with van der Waals surface area (Å²) in [6, 6.07) is 10.0. The Bertz CT molecular complexity index is 678. The van der Waals surface area contributed by atoms with Gasteiger partial charge in [-0.05, 0) is 31.4 Å². The Morgan fingerprint density at radius 1 is 1.22 bits per heavy atom. The van der Waals surface area contributed by atoms with E-state index in [9.17, 15) is 4.79 Å². The molecule has 1 aromatic heterocycles. The van der Waals surface area contributed by atoms with Gasteiger partial charge in [0, 0.05) is 12.0 Å². The van der Waals surface area contributed by atoms with E-state index in [1.807, 2.05) is 56.3 Å². The Morgan fingerprint density at radius 3 is 2.52 bits per heavy atom. The molecule has 122 valence electrons. The molecule has 3 heteroatoms. The third-order valence-electron chi connectivity index (χ3n) is 3.51. The number of furan rings is 1. The van der Waals surface area contributed by atoms with E-state index in [1.54, 1.807) is 0 Å². The molecule has 0 spiro atoms. The maximum Gasteiger partial charge on any atom is 0.342 e. The van der Waals surface area contributed by atoms with E-state index in [-0.39, 0.29) is 5.97 Å². The van der Waals surface area contributed by atoms with Gasteiger partial charge in [0.15, 0.2) is 0 Å². The molecule has 23 heavy (non-hydrogen) atoms. The molecule has 0 saturated carbocycles. The quantitative estimate of drug-likeness (QED) is 0.694. The lowest BCUT2D eigenvalue weighted by Crippen LogP contribution is -2.07. The fourth-order valence-corrected chi connectivity index (χ4v) is 2.52. The Morgan fingerprint density at radius 2 is 1.91 bits per heavy atom. The summed E-state index contributed by atoms with van der Waals surface area (Å²) in [4.78, 5) is 12.3. The zero-order chi connectivity index (χ0) is 16.8. The van der Waals surface area contributed by atoms with Crippen molar-refractivity contribution in [3.8, 4) is 0 Å². The van der Waals surface area contributed by atoms with Crippen molar-refractivity contribution in [2.75, 3.05) is 6.61 Å². The van der Waals surface area contributed by atoms with E-state index in [1.165, 1.54) is 0 Å². The van der Waals surface area contributed by atoms with Crippen molar-refractivity contribution in [1.29, 1.82) is 0 Å². The van der Waals surface area contributed by atoms with Crippen molar-refractivity contribution >= 4 is 18.1 Å². The molecule has 0 N–H and O–H groups in total. The zero-order valence-corrected chi connectivity index (χ0v) is 14.3. The number of carbonyl (C=O) groups is 1. The smallest absolute Gasteiger partial charge is 0.342 e. The number of hydrogen-bond acceptors (Lipinski definition) is 3. The van der Waals surface area contributed by atoms with Gasteiger partial charge in [0.2, 0.25) is 0 Å². The second-order valence-corrected chi connectivity index (χ2v) is 5.93. The predicted octanol–water partition coefficient (Wildman–Crippen LogP) is 5.13. The molecule has 2 aromatic rings. The van der Waals surface area contributed by atoms with Gasteiger partial charge >= 0.3 is 5.97 Å². The number of ether oxygens (including phenoxy) is 1. The summed E-state index contributed by atoms with van der Waals surface area (Å²) in [5.41, 5.74) is 2.45. The van der Waals surface area contributed by atoms with Crippen molar-refractivity contribution in [2.45, 2.75) is 34.1 Å². The topological polar surface area (TPSA) is 39.4 Å². The van der Waals surface area contributed by atoms with Crippen molar-refractivity contribution in [1.82, 2.24) is 0 Å². The number of benzene rings is 1. The van der Waals surface area contributed by atoms with E-state index < -0.39 is 0 Å². The zero-order valence-electron chi connectivity index (χ0n) is 14.3. The average Bonchev–Trinajstić information content (AvgIpc) is 2.81. The number of hydrogen-bond donors (Lipinski definition) is 0. The second kappa shape index (κ2) is 7.82. The van der Waals surface area contributed by atoms with Crippen molar-refractivity contribution in [3.63, 3.8) is 0 Å². The summed E-state index contributed by atoms with van der Waals surface area (Å²) in [7, 11) is 0. The first kappa shape index (κ1) is 17.1. The molecule has 0 aliphatic carbocycles. The van der Waals surface area contributed by atoms with Gasteiger partial charge in [0.25, 0.3) is 0 Å². The predicted molar refractivity (Wildman–Crippen MR) is 93.3 cm³/mol. The van der Waals surface area contributed by atoms with Crippen LogP contribution in [0.15, 0.2) is 34.7 Å². The Labute approximate surface area is 138 Å². The molecule has 0 aliphatic heterocycles. The van der Waals surface area contributed by atoms with Crippen LogP contribution in [0.4, 0.5) is 0 Å². The fourth-order valence-electron chi connectivity index (χ4n) is 2.52. The van der Waals surface area contributed by atoms with Crippen molar-refractivity contribution < 1.29 is 13.9 Å². The molecule has 0 atom stereocenters. The van der Waals surface area contributed by atoms with Gasteiger partial charge in [-0.3, -0.25) is 0 Å². The third kappa shape index (κ3) is 4.35. The Balaban J connectivity index is 2.44. The molecule has 0 bridgehead atoms. The van der Waals surface area contributed by atoms with Crippen LogP contribution in [-0.4, -0.2) is 12.6 Å². The second-order valence-electron chi connectivity index (χ2n) is 5.93. The van der Waals surface area contributed by atoms with Crippen LogP contribution in [0.1, 0.15) is 53.8 Å². The van der Waals surface area contributed by atoms with Gasteiger partial charge in [-0.25, -0.2) is 4.79 Å². The minimum Gasteiger partial charge on any atom is -0.465 e. The first-order valence-electron chi connectivity index (χ1n) is 8.05. The van der Waals surface area contributed by atoms with Crippen LogP contribution in [0.2, 0.25) is 0 Å². The molecular weight excluding hydrogens is 288 g/mol. The van der Waals surface area contributed by atoms with Crippen molar-refractivity contribution in [2.24, 2.45) is 5.92 Å². The standard InChI is InChI=1S/C20H24O3/c1-5-22-20(21)19-15(4)23-18(13-14(2)3)17(19)12-11-16-9-7-6-8-10-16/h6-12,14H,5,13H2,1-4H3/b12-11+. The van der Waals surface area contributed by atoms with Crippen LogP contribution in [-0.2, 0) is 11.2 Å². The van der Waals surface area contributed by atoms with Crippen molar-refractivity contribution in [3.05, 3.63) is 58.5 Å². The summed E-state index contributed by atoms with van der Waals surface area (Å²) in [6.45, 7) is 8.24. The summed E-state index contributed by atoms with van der Waals surface area (Å²) < 4.78 is 11.0. The van der Waals surface area contributed by atoms with Crippen LogP contribution >= 0.6 is 0 Å². The van der Waals surface area contributed by atoms with E-state index in [4.69, 9.17) is 9.15 Å². The molecule has 0 amide bonds. The molecule has 2 rings (SSSR count). The van der Waals surface area contributed by atoms with E-state index in [2.05, 4.69) is 13.8 Å². The van der Waals surface area contributed by atoms with Gasteiger partial charge < -0.3 is 9.15 Å². The van der Waals surface area contributed by atoms with Gasteiger partial charge in [0.1, 0.15) is 17.1 Å². The molecule has 1 heterocycles. The SMILES string of the molecule is CCOC(=O)c1c(C)oc(CC(C)C)c1/C=C/c1ccccc1. The summed E-state index contributed by atoms with van der Waals surface area (Å²) in [5, 5.41) is 0. The number of carbonyl (C=O) groups excluding carboxylic acids is 1. The van der Waals surface area contributed by atoms with Crippen LogP contribution in [0.25, 0.3) is 12.2 Å². The summed E-state index contributed by atoms with van der Waals surface area (Å²) in [6.07, 6.45) is 4.74. The highest BCUT2D eigenvalue weighted by Gasteiger charge is 2.23. The maximum absolute atomic E-state index is 12.3. The number of rotatable bonds is 6. The first-order chi connectivity index (χ1) is 11.0. The average molecular weight is 312 g/mol. The lowest BCUT2D eigenvalue weighted by Gasteiger charge is -2.04. The molecule has 0 aliphatic rings. The highest BCUT2D eigenvalue weighted by atomic mass is 16.5. The summed E-state index contributed by atoms with van der Waals surface area (Å²) in [5.74, 6) is 1.58. The molecular formula is C20H24O3. The molecule has 1 aromatic carbocycles. The number of aryl methyl sites for hydroxylation is 1. The highest BCUT2D eigenvalue weighted by Crippen LogP contribution is 2.27. The molecule has 0 radical (unpaired) electrons. The first-order valence-corrected chi connectivity index (χ1v) is 8.05. The monoisotopic (exact) mass is 312 g/mol. The van der Waals surface area contributed by atoms with E-state index in [0.717, 1.165) is 23.3 Å². The van der Waals surface area contributed by atoms with Gasteiger partial charge in [-0.2, -0.15) is 0 Å². The minimum atomic E-state index is -0.323. The molecule has 0 saturated heterocycles. The third-order valence-corrected chi connectivity index (χ3v) is 3.51. The highest BCUT2D eigenvalue weighted by molar-refractivity contribution is 5.96. The molecule has 3 nitrogen and oxygen atoms in total. The van der Waals surface area contributed by atoms with Crippen LogP contribution in [0, 0.1) is 12.8 Å². The van der Waals surface area contributed by atoms with Gasteiger partial charge in [-0.15, -0.1) is 0 Å². The summed E-state index contributed by atoms with van der Waals surface area (Å²) >= 11 is 0.